The summed E-state index contributed by atoms with van der Waals surface area (Å²) in [6, 6.07) is 5.71. The van der Waals surface area contributed by atoms with Gasteiger partial charge in [-0.2, -0.15) is 0 Å². The van der Waals surface area contributed by atoms with Crippen LogP contribution in [-0.4, -0.2) is 72.0 Å². The lowest BCUT2D eigenvalue weighted by Gasteiger charge is -2.18. The first kappa shape index (κ1) is 20.1. The molecule has 0 fully saturated rings. The van der Waals surface area contributed by atoms with E-state index in [1.807, 2.05) is 25.1 Å². The predicted molar refractivity (Wildman–Crippen MR) is 98.5 cm³/mol. The fourth-order valence-corrected chi connectivity index (χ4v) is 2.06. The summed E-state index contributed by atoms with van der Waals surface area (Å²) in [5, 5.41) is 6.55. The first-order valence-corrected chi connectivity index (χ1v) is 8.10. The summed E-state index contributed by atoms with van der Waals surface area (Å²) < 4.78 is 16.0. The van der Waals surface area contributed by atoms with E-state index in [2.05, 4.69) is 27.6 Å². The molecule has 0 unspecified atom stereocenters. The number of nitrogens with one attached hydrogen (secondary N) is 2. The molecule has 1 aromatic carbocycles. The van der Waals surface area contributed by atoms with E-state index < -0.39 is 0 Å². The number of rotatable bonds is 10. The molecular weight excluding hydrogens is 308 g/mol. The third-order valence-corrected chi connectivity index (χ3v) is 3.41. The Balaban J connectivity index is 2.54. The van der Waals surface area contributed by atoms with E-state index >= 15 is 0 Å². The van der Waals surface area contributed by atoms with Gasteiger partial charge in [-0.1, -0.05) is 0 Å². The second-order valence-electron chi connectivity index (χ2n) is 5.22. The van der Waals surface area contributed by atoms with Crippen molar-refractivity contribution < 1.29 is 14.2 Å². The van der Waals surface area contributed by atoms with Crippen LogP contribution < -0.4 is 20.1 Å². The van der Waals surface area contributed by atoms with E-state index in [9.17, 15) is 0 Å². The van der Waals surface area contributed by atoms with E-state index in [0.717, 1.165) is 31.9 Å². The molecule has 0 saturated carbocycles. The average Bonchev–Trinajstić information content (AvgIpc) is 2.59. The van der Waals surface area contributed by atoms with Crippen molar-refractivity contribution in [2.45, 2.75) is 6.92 Å². The Labute approximate surface area is 145 Å². The first-order chi connectivity index (χ1) is 11.6. The zero-order valence-electron chi connectivity index (χ0n) is 15.4. The minimum absolute atomic E-state index is 0.584. The fraction of sp³-hybridized carbons (Fsp3) is 0.588. The number of ether oxygens (including phenoxy) is 3. The minimum atomic E-state index is 0.584. The number of nitrogens with zero attached hydrogens (tertiary/aromatic N) is 2. The van der Waals surface area contributed by atoms with Crippen LogP contribution >= 0.6 is 0 Å². The normalized spacial score (nSPS) is 11.5. The zero-order valence-corrected chi connectivity index (χ0v) is 15.4. The summed E-state index contributed by atoms with van der Waals surface area (Å²) in [4.78, 5) is 6.44. The number of anilines is 1. The van der Waals surface area contributed by atoms with Gasteiger partial charge >= 0.3 is 0 Å². The number of aliphatic imine (C=N–C) groups is 1. The number of benzene rings is 1. The highest BCUT2D eigenvalue weighted by Crippen LogP contribution is 2.30. The fourth-order valence-electron chi connectivity index (χ4n) is 2.06. The molecule has 1 rings (SSSR count). The molecule has 7 nitrogen and oxygen atoms in total. The van der Waals surface area contributed by atoms with Crippen LogP contribution in [0.4, 0.5) is 5.69 Å². The van der Waals surface area contributed by atoms with E-state index in [4.69, 9.17) is 14.2 Å². The summed E-state index contributed by atoms with van der Waals surface area (Å²) in [6.45, 7) is 5.85. The van der Waals surface area contributed by atoms with Crippen molar-refractivity contribution in [1.82, 2.24) is 10.2 Å². The maximum absolute atomic E-state index is 5.59. The van der Waals surface area contributed by atoms with Gasteiger partial charge in [-0.25, -0.2) is 0 Å². The Morgan fingerprint density at radius 2 is 2.00 bits per heavy atom. The Morgan fingerprint density at radius 3 is 2.62 bits per heavy atom. The Bertz CT molecular complexity index is 509. The molecule has 1 aromatic rings. The summed E-state index contributed by atoms with van der Waals surface area (Å²) >= 11 is 0. The number of hydrogen-bond donors (Lipinski definition) is 2. The molecule has 0 aliphatic heterocycles. The quantitative estimate of drug-likeness (QED) is 0.500. The molecule has 0 spiro atoms. The Kier molecular flexibility index (Phi) is 9.64. The molecule has 0 aromatic heterocycles. The van der Waals surface area contributed by atoms with Crippen LogP contribution in [0.5, 0.6) is 11.5 Å². The zero-order chi connectivity index (χ0) is 17.8. The van der Waals surface area contributed by atoms with Crippen molar-refractivity contribution in [2.24, 2.45) is 4.99 Å². The molecule has 0 atom stereocenters. The molecule has 0 heterocycles. The third-order valence-electron chi connectivity index (χ3n) is 3.41. The Morgan fingerprint density at radius 1 is 1.21 bits per heavy atom. The number of guanidine groups is 1. The lowest BCUT2D eigenvalue weighted by atomic mass is 10.2. The van der Waals surface area contributed by atoms with Gasteiger partial charge in [0.1, 0.15) is 0 Å². The van der Waals surface area contributed by atoms with E-state index in [0.29, 0.717) is 24.1 Å². The summed E-state index contributed by atoms with van der Waals surface area (Å²) in [7, 11) is 7.15. The summed E-state index contributed by atoms with van der Waals surface area (Å²) in [5.74, 6) is 2.13. The van der Waals surface area contributed by atoms with Gasteiger partial charge in [0.05, 0.1) is 20.3 Å². The molecule has 0 aliphatic carbocycles. The van der Waals surface area contributed by atoms with Crippen LogP contribution in [0, 0.1) is 0 Å². The highest BCUT2D eigenvalue weighted by Gasteiger charge is 2.07. The van der Waals surface area contributed by atoms with E-state index in [-0.39, 0.29) is 0 Å². The predicted octanol–water partition coefficient (Wildman–Crippen LogP) is 1.66. The smallest absolute Gasteiger partial charge is 0.195 e. The largest absolute Gasteiger partial charge is 0.493 e. The maximum atomic E-state index is 5.59. The molecular formula is C17H30N4O3. The average molecular weight is 338 g/mol. The number of methoxy groups -OCH3 is 2. The number of likely N-dealkylation sites (N-methyl/N-ethyl adjacent to an activating group) is 1. The maximum Gasteiger partial charge on any atom is 0.195 e. The van der Waals surface area contributed by atoms with E-state index in [1.165, 1.54) is 0 Å². The van der Waals surface area contributed by atoms with Gasteiger partial charge in [-0.15, -0.1) is 0 Å². The summed E-state index contributed by atoms with van der Waals surface area (Å²) in [6.07, 6.45) is 0. The monoisotopic (exact) mass is 338 g/mol. The van der Waals surface area contributed by atoms with Crippen LogP contribution in [0.3, 0.4) is 0 Å². The van der Waals surface area contributed by atoms with Gasteiger partial charge in [-0.05, 0) is 26.1 Å². The SMILES string of the molecule is CCOc1cc(NC(=NC)NCCN(C)CCOC)ccc1OC. The van der Waals surface area contributed by atoms with Crippen molar-refractivity contribution >= 4 is 11.6 Å². The molecule has 0 amide bonds. The van der Waals surface area contributed by atoms with Gasteiger partial charge in [0.2, 0.25) is 0 Å². The molecule has 2 N–H and O–H groups in total. The minimum Gasteiger partial charge on any atom is -0.493 e. The van der Waals surface area contributed by atoms with Crippen molar-refractivity contribution in [3.63, 3.8) is 0 Å². The van der Waals surface area contributed by atoms with Gasteiger partial charge in [0.15, 0.2) is 17.5 Å². The van der Waals surface area contributed by atoms with Gasteiger partial charge < -0.3 is 29.7 Å². The highest BCUT2D eigenvalue weighted by molar-refractivity contribution is 5.93. The van der Waals surface area contributed by atoms with Crippen LogP contribution in [-0.2, 0) is 4.74 Å². The third kappa shape index (κ3) is 7.06. The van der Waals surface area contributed by atoms with Crippen LogP contribution in [0.15, 0.2) is 23.2 Å². The first-order valence-electron chi connectivity index (χ1n) is 8.10. The van der Waals surface area contributed by atoms with Crippen LogP contribution in [0.25, 0.3) is 0 Å². The highest BCUT2D eigenvalue weighted by atomic mass is 16.5. The lowest BCUT2D eigenvalue weighted by Crippen LogP contribution is -2.37. The molecule has 7 heteroatoms. The standard InChI is InChI=1S/C17H30N4O3/c1-6-24-16-13-14(7-8-15(16)23-5)20-17(18-2)19-9-10-21(3)11-12-22-4/h7-8,13H,6,9-12H2,1-5H3,(H2,18,19,20). The van der Waals surface area contributed by atoms with Crippen molar-refractivity contribution in [3.05, 3.63) is 18.2 Å². The molecule has 136 valence electrons. The summed E-state index contributed by atoms with van der Waals surface area (Å²) in [5.41, 5.74) is 0.889. The molecule has 0 saturated heterocycles. The second-order valence-corrected chi connectivity index (χ2v) is 5.22. The molecule has 0 aliphatic rings. The molecule has 0 radical (unpaired) electrons. The Hall–Kier alpha value is -1.99. The van der Waals surface area contributed by atoms with Crippen molar-refractivity contribution in [3.8, 4) is 11.5 Å². The van der Waals surface area contributed by atoms with Gasteiger partial charge in [0, 0.05) is 45.5 Å². The van der Waals surface area contributed by atoms with Crippen LogP contribution in [0.1, 0.15) is 6.92 Å². The second kappa shape index (κ2) is 11.5. The van der Waals surface area contributed by atoms with Crippen molar-refractivity contribution in [2.75, 3.05) is 66.5 Å². The van der Waals surface area contributed by atoms with Gasteiger partial charge in [-0.3, -0.25) is 4.99 Å². The van der Waals surface area contributed by atoms with Gasteiger partial charge in [0.25, 0.3) is 0 Å². The van der Waals surface area contributed by atoms with Crippen LogP contribution in [0.2, 0.25) is 0 Å². The van der Waals surface area contributed by atoms with E-state index in [1.54, 1.807) is 21.3 Å². The molecule has 0 bridgehead atoms. The topological polar surface area (TPSA) is 67.4 Å². The number of hydrogen-bond acceptors (Lipinski definition) is 5. The molecule has 24 heavy (non-hydrogen) atoms. The van der Waals surface area contributed by atoms with Crippen molar-refractivity contribution in [1.29, 1.82) is 0 Å². The lowest BCUT2D eigenvalue weighted by molar-refractivity contribution is 0.162.